The predicted octanol–water partition coefficient (Wildman–Crippen LogP) is 3.31. The smallest absolute Gasteiger partial charge is 0.0188 e. The zero-order valence-corrected chi connectivity index (χ0v) is 7.15. The third kappa shape index (κ3) is 1.16. The molecule has 1 fully saturated rings. The molecule has 0 spiro atoms. The molecule has 0 aromatic rings. The predicted molar refractivity (Wildman–Crippen MR) is 45.9 cm³/mol. The highest BCUT2D eigenvalue weighted by Gasteiger charge is 2.19. The van der Waals surface area contributed by atoms with Crippen LogP contribution >= 0.6 is 0 Å². The average Bonchev–Trinajstić information content (AvgIpc) is 2.30. The Morgan fingerprint density at radius 2 is 2.00 bits per heavy atom. The number of hydrogen-bond acceptors (Lipinski definition) is 0. The van der Waals surface area contributed by atoms with Crippen molar-refractivity contribution in [1.82, 2.24) is 0 Å². The van der Waals surface area contributed by atoms with Crippen LogP contribution in [0.4, 0.5) is 0 Å². The third-order valence-electron chi connectivity index (χ3n) is 2.41. The van der Waals surface area contributed by atoms with Crippen molar-refractivity contribution in [3.63, 3.8) is 0 Å². The molecule has 0 nitrogen and oxygen atoms in total. The second kappa shape index (κ2) is 3.05. The normalized spacial score (nSPS) is 34.1. The molecule has 1 aliphatic rings. The summed E-state index contributed by atoms with van der Waals surface area (Å²) < 4.78 is 0. The minimum Gasteiger partial charge on any atom is -0.0842 e. The van der Waals surface area contributed by atoms with E-state index in [9.17, 15) is 0 Å². The molecule has 1 saturated carbocycles. The molecule has 0 heteroatoms. The summed E-state index contributed by atoms with van der Waals surface area (Å²) in [6, 6.07) is 0. The molecule has 0 aromatic heterocycles. The summed E-state index contributed by atoms with van der Waals surface area (Å²) in [5.74, 6) is 0.802. The standard InChI is InChI=1S/C10H16/c1-4-9-7-6-8(3)10(9)5-2/h4-5,8H,6-7H2,1-3H3. The van der Waals surface area contributed by atoms with Gasteiger partial charge >= 0.3 is 0 Å². The fourth-order valence-corrected chi connectivity index (χ4v) is 1.77. The largest absolute Gasteiger partial charge is 0.0842 e. The van der Waals surface area contributed by atoms with Gasteiger partial charge in [-0.15, -0.1) is 0 Å². The quantitative estimate of drug-likeness (QED) is 0.479. The maximum atomic E-state index is 2.31. The molecule has 0 radical (unpaired) electrons. The van der Waals surface area contributed by atoms with E-state index in [0.29, 0.717) is 0 Å². The van der Waals surface area contributed by atoms with Crippen molar-refractivity contribution in [2.75, 3.05) is 0 Å². The lowest BCUT2D eigenvalue weighted by Crippen LogP contribution is -1.88. The van der Waals surface area contributed by atoms with Crippen molar-refractivity contribution in [2.45, 2.75) is 33.6 Å². The van der Waals surface area contributed by atoms with Crippen molar-refractivity contribution in [3.8, 4) is 0 Å². The van der Waals surface area contributed by atoms with Crippen LogP contribution in [0, 0.1) is 5.92 Å². The molecule has 0 N–H and O–H groups in total. The first kappa shape index (κ1) is 7.59. The molecular formula is C10H16. The van der Waals surface area contributed by atoms with Gasteiger partial charge in [-0.05, 0) is 43.8 Å². The van der Waals surface area contributed by atoms with E-state index in [4.69, 9.17) is 0 Å². The first-order valence-electron chi connectivity index (χ1n) is 4.11. The minimum absolute atomic E-state index is 0.802. The van der Waals surface area contributed by atoms with Crippen molar-refractivity contribution >= 4 is 0 Å². The Bertz CT molecular complexity index is 172. The zero-order valence-electron chi connectivity index (χ0n) is 7.15. The molecule has 0 aromatic carbocycles. The summed E-state index contributed by atoms with van der Waals surface area (Å²) in [4.78, 5) is 0. The van der Waals surface area contributed by atoms with E-state index in [-0.39, 0.29) is 0 Å². The molecule has 0 amide bonds. The van der Waals surface area contributed by atoms with Gasteiger partial charge in [-0.1, -0.05) is 19.1 Å². The summed E-state index contributed by atoms with van der Waals surface area (Å²) in [7, 11) is 0. The van der Waals surface area contributed by atoms with E-state index in [2.05, 4.69) is 32.9 Å². The highest BCUT2D eigenvalue weighted by Crippen LogP contribution is 2.35. The fraction of sp³-hybridized carbons (Fsp3) is 0.600. The second-order valence-electron chi connectivity index (χ2n) is 3.00. The molecule has 1 aliphatic carbocycles. The average molecular weight is 136 g/mol. The summed E-state index contributed by atoms with van der Waals surface area (Å²) in [6.45, 7) is 6.59. The van der Waals surface area contributed by atoms with Gasteiger partial charge in [0.05, 0.1) is 0 Å². The van der Waals surface area contributed by atoms with E-state index in [1.807, 2.05) is 0 Å². The lowest BCUT2D eigenvalue weighted by Gasteiger charge is -2.03. The molecule has 0 bridgehead atoms. The van der Waals surface area contributed by atoms with Gasteiger partial charge < -0.3 is 0 Å². The van der Waals surface area contributed by atoms with Crippen LogP contribution in [-0.4, -0.2) is 0 Å². The van der Waals surface area contributed by atoms with Gasteiger partial charge in [0.1, 0.15) is 0 Å². The van der Waals surface area contributed by atoms with E-state index in [1.54, 1.807) is 11.1 Å². The summed E-state index contributed by atoms with van der Waals surface area (Å²) in [5, 5.41) is 0. The van der Waals surface area contributed by atoms with Crippen LogP contribution in [0.1, 0.15) is 33.6 Å². The number of hydrogen-bond donors (Lipinski definition) is 0. The Kier molecular flexibility index (Phi) is 2.31. The van der Waals surface area contributed by atoms with Crippen LogP contribution in [0.25, 0.3) is 0 Å². The van der Waals surface area contributed by atoms with E-state index < -0.39 is 0 Å². The number of allylic oxidation sites excluding steroid dienone is 4. The Morgan fingerprint density at radius 1 is 1.30 bits per heavy atom. The van der Waals surface area contributed by atoms with Crippen LogP contribution < -0.4 is 0 Å². The number of rotatable bonds is 0. The maximum Gasteiger partial charge on any atom is -0.0188 e. The second-order valence-corrected chi connectivity index (χ2v) is 3.00. The Hall–Kier alpha value is -0.520. The first-order valence-corrected chi connectivity index (χ1v) is 4.11. The topological polar surface area (TPSA) is 0 Å². The van der Waals surface area contributed by atoms with Gasteiger partial charge in [0.25, 0.3) is 0 Å². The van der Waals surface area contributed by atoms with Crippen LogP contribution in [-0.2, 0) is 0 Å². The Labute approximate surface area is 63.6 Å². The van der Waals surface area contributed by atoms with Gasteiger partial charge in [0, 0.05) is 0 Å². The molecular weight excluding hydrogens is 120 g/mol. The Morgan fingerprint density at radius 3 is 2.40 bits per heavy atom. The minimum atomic E-state index is 0.802. The van der Waals surface area contributed by atoms with Gasteiger partial charge in [-0.25, -0.2) is 0 Å². The van der Waals surface area contributed by atoms with Crippen molar-refractivity contribution < 1.29 is 0 Å². The van der Waals surface area contributed by atoms with E-state index in [0.717, 1.165) is 5.92 Å². The summed E-state index contributed by atoms with van der Waals surface area (Å²) >= 11 is 0. The molecule has 10 heavy (non-hydrogen) atoms. The van der Waals surface area contributed by atoms with Crippen LogP contribution in [0.3, 0.4) is 0 Å². The first-order chi connectivity index (χ1) is 4.79. The van der Waals surface area contributed by atoms with Gasteiger partial charge in [-0.3, -0.25) is 0 Å². The SMILES string of the molecule is CC=C1CCC(C)C1=CC. The fourth-order valence-electron chi connectivity index (χ4n) is 1.77. The monoisotopic (exact) mass is 136 g/mol. The molecule has 1 rings (SSSR count). The van der Waals surface area contributed by atoms with E-state index >= 15 is 0 Å². The van der Waals surface area contributed by atoms with Gasteiger partial charge in [0.15, 0.2) is 0 Å². The van der Waals surface area contributed by atoms with E-state index in [1.165, 1.54) is 12.8 Å². The van der Waals surface area contributed by atoms with Crippen molar-refractivity contribution in [2.24, 2.45) is 5.92 Å². The molecule has 1 atom stereocenters. The summed E-state index contributed by atoms with van der Waals surface area (Å²) in [6.07, 6.45) is 7.14. The lowest BCUT2D eigenvalue weighted by molar-refractivity contribution is 0.696. The maximum absolute atomic E-state index is 2.31. The highest BCUT2D eigenvalue weighted by atomic mass is 14.2. The highest BCUT2D eigenvalue weighted by molar-refractivity contribution is 5.35. The molecule has 0 heterocycles. The van der Waals surface area contributed by atoms with Crippen LogP contribution in [0.15, 0.2) is 23.3 Å². The molecule has 56 valence electrons. The molecule has 1 unspecified atom stereocenters. The van der Waals surface area contributed by atoms with Gasteiger partial charge in [0.2, 0.25) is 0 Å². The lowest BCUT2D eigenvalue weighted by atomic mass is 10.0. The third-order valence-corrected chi connectivity index (χ3v) is 2.41. The van der Waals surface area contributed by atoms with Crippen molar-refractivity contribution in [1.29, 1.82) is 0 Å². The molecule has 0 saturated heterocycles. The van der Waals surface area contributed by atoms with Crippen LogP contribution in [0.2, 0.25) is 0 Å². The zero-order chi connectivity index (χ0) is 7.56. The van der Waals surface area contributed by atoms with Crippen LogP contribution in [0.5, 0.6) is 0 Å². The molecule has 0 aliphatic heterocycles. The van der Waals surface area contributed by atoms with Crippen molar-refractivity contribution in [3.05, 3.63) is 23.3 Å². The van der Waals surface area contributed by atoms with Gasteiger partial charge in [-0.2, -0.15) is 0 Å². The Balaban J connectivity index is 2.84. The summed E-state index contributed by atoms with van der Waals surface area (Å²) in [5.41, 5.74) is 3.14.